The molecular weight excluding hydrogens is 467 g/mol. The summed E-state index contributed by atoms with van der Waals surface area (Å²) >= 11 is 0. The topological polar surface area (TPSA) is 122 Å². The van der Waals surface area contributed by atoms with Gasteiger partial charge in [0.15, 0.2) is 22.8 Å². The number of nitrogens with one attached hydrogen (secondary N) is 1. The number of nitrogens with zero attached hydrogens (tertiary/aromatic N) is 4. The summed E-state index contributed by atoms with van der Waals surface area (Å²) in [5.41, 5.74) is -1.21. The average Bonchev–Trinajstić information content (AvgIpc) is 3.18. The van der Waals surface area contributed by atoms with Crippen LogP contribution in [0, 0.1) is 6.92 Å². The highest BCUT2D eigenvalue weighted by Crippen LogP contribution is 2.37. The lowest BCUT2D eigenvalue weighted by atomic mass is 10.0. The van der Waals surface area contributed by atoms with Crippen LogP contribution in [0.2, 0.25) is 0 Å². The number of carbonyl (C=O) groups excluding carboxylic acids is 1. The van der Waals surface area contributed by atoms with Crippen LogP contribution >= 0.6 is 0 Å². The molecule has 1 amide bonds. The van der Waals surface area contributed by atoms with Crippen LogP contribution in [0.5, 0.6) is 5.75 Å². The number of aromatic nitrogens is 4. The predicted octanol–water partition coefficient (Wildman–Crippen LogP) is 4.14. The summed E-state index contributed by atoms with van der Waals surface area (Å²) in [5.74, 6) is -1.04. The molecule has 3 N–H and O–H groups in total. The second kappa shape index (κ2) is 9.43. The van der Waals surface area contributed by atoms with E-state index in [-0.39, 0.29) is 39.9 Å². The quantitative estimate of drug-likeness (QED) is 0.351. The number of fused-ring (bicyclic) bond motifs is 1. The molecule has 0 saturated carbocycles. The van der Waals surface area contributed by atoms with Gasteiger partial charge in [0.2, 0.25) is 0 Å². The third-order valence-corrected chi connectivity index (χ3v) is 4.84. The highest BCUT2D eigenvalue weighted by molar-refractivity contribution is 6.04. The first kappa shape index (κ1) is 23.7. The van der Waals surface area contributed by atoms with Crippen LogP contribution in [-0.4, -0.2) is 42.3 Å². The molecule has 0 aliphatic rings. The summed E-state index contributed by atoms with van der Waals surface area (Å²) in [4.78, 5) is 21.4. The minimum atomic E-state index is -4.67. The number of ether oxygens (including phenoxy) is 1. The monoisotopic (exact) mass is 485 g/mol. The van der Waals surface area contributed by atoms with Crippen molar-refractivity contribution in [1.29, 1.82) is 0 Å². The van der Waals surface area contributed by atoms with Gasteiger partial charge in [-0.1, -0.05) is 24.3 Å². The maximum absolute atomic E-state index is 13.7. The maximum atomic E-state index is 13.7. The van der Waals surface area contributed by atoms with Gasteiger partial charge in [0.25, 0.3) is 5.91 Å². The number of imidazole rings is 1. The number of aryl methyl sites for hydroxylation is 1. The van der Waals surface area contributed by atoms with Crippen molar-refractivity contribution in [2.45, 2.75) is 13.1 Å². The van der Waals surface area contributed by atoms with Crippen molar-refractivity contribution in [3.63, 3.8) is 0 Å². The fraction of sp³-hybridized carbons (Fsp3) is 0.130. The van der Waals surface area contributed by atoms with E-state index in [1.165, 1.54) is 37.4 Å². The van der Waals surface area contributed by atoms with Crippen LogP contribution in [0.1, 0.15) is 21.7 Å². The molecule has 0 saturated heterocycles. The second-order valence-corrected chi connectivity index (χ2v) is 7.27. The normalized spacial score (nSPS) is 12.1. The number of alkyl halides is 3. The summed E-state index contributed by atoms with van der Waals surface area (Å²) in [6.07, 6.45) is -2.38. The van der Waals surface area contributed by atoms with E-state index in [2.05, 4.69) is 20.4 Å². The molecule has 3 aromatic heterocycles. The Bertz CT molecular complexity index is 1420. The zero-order valence-corrected chi connectivity index (χ0v) is 18.1. The molecule has 0 aliphatic carbocycles. The Labute approximate surface area is 196 Å². The van der Waals surface area contributed by atoms with Gasteiger partial charge in [0.05, 0.1) is 17.0 Å². The number of hydrogen-bond donors (Lipinski definition) is 3. The Morgan fingerprint density at radius 2 is 1.94 bits per heavy atom. The third-order valence-electron chi connectivity index (χ3n) is 4.84. The zero-order valence-electron chi connectivity index (χ0n) is 18.1. The lowest BCUT2D eigenvalue weighted by Gasteiger charge is -2.14. The fourth-order valence-electron chi connectivity index (χ4n) is 3.31. The summed E-state index contributed by atoms with van der Waals surface area (Å²) in [6.45, 7) is 0.798. The van der Waals surface area contributed by atoms with Crippen LogP contribution in [0.25, 0.3) is 16.9 Å². The van der Waals surface area contributed by atoms with Gasteiger partial charge in [-0.3, -0.25) is 4.79 Å². The van der Waals surface area contributed by atoms with Crippen molar-refractivity contribution >= 4 is 17.4 Å². The molecule has 180 valence electrons. The van der Waals surface area contributed by atoms with E-state index in [1.54, 1.807) is 18.2 Å². The van der Waals surface area contributed by atoms with Crippen LogP contribution < -0.4 is 10.1 Å². The lowest BCUT2D eigenvalue weighted by molar-refractivity contribution is -0.137. The summed E-state index contributed by atoms with van der Waals surface area (Å²) in [7, 11) is 0. The highest BCUT2D eigenvalue weighted by atomic mass is 19.4. The summed E-state index contributed by atoms with van der Waals surface area (Å²) in [5, 5.41) is 25.5. The predicted molar refractivity (Wildman–Crippen MR) is 119 cm³/mol. The molecule has 1 aromatic carbocycles. The van der Waals surface area contributed by atoms with Crippen molar-refractivity contribution < 1.29 is 32.9 Å². The number of hydrogen-bond acceptors (Lipinski definition) is 7. The average molecular weight is 485 g/mol. The Morgan fingerprint density at radius 3 is 2.63 bits per heavy atom. The SMILES string of the molecule is Cc1nc2c(O/C=C(/O)CO)cc(-c3ccccc3C(F)(F)F)nn2c1C(=O)Nc1ccccn1. The molecule has 4 rings (SSSR count). The van der Waals surface area contributed by atoms with E-state index in [4.69, 9.17) is 9.84 Å². The smallest absolute Gasteiger partial charge is 0.417 e. The Morgan fingerprint density at radius 1 is 1.20 bits per heavy atom. The third kappa shape index (κ3) is 4.92. The second-order valence-electron chi connectivity index (χ2n) is 7.27. The van der Waals surface area contributed by atoms with Crippen LogP contribution in [0.4, 0.5) is 19.0 Å². The van der Waals surface area contributed by atoms with E-state index >= 15 is 0 Å². The van der Waals surface area contributed by atoms with Crippen molar-refractivity contribution in [3.8, 4) is 17.0 Å². The fourth-order valence-corrected chi connectivity index (χ4v) is 3.31. The van der Waals surface area contributed by atoms with Crippen LogP contribution in [-0.2, 0) is 6.18 Å². The number of pyridine rings is 1. The first-order chi connectivity index (χ1) is 16.7. The van der Waals surface area contributed by atoms with Crippen molar-refractivity contribution in [2.75, 3.05) is 11.9 Å². The van der Waals surface area contributed by atoms with Gasteiger partial charge in [-0.05, 0) is 25.1 Å². The van der Waals surface area contributed by atoms with Gasteiger partial charge in [-0.2, -0.15) is 18.3 Å². The van der Waals surface area contributed by atoms with Gasteiger partial charge < -0.3 is 20.3 Å². The van der Waals surface area contributed by atoms with E-state index in [9.17, 15) is 23.1 Å². The number of halogens is 3. The van der Waals surface area contributed by atoms with E-state index in [0.29, 0.717) is 0 Å². The number of aliphatic hydroxyl groups is 2. The number of rotatable bonds is 6. The zero-order chi connectivity index (χ0) is 25.2. The summed E-state index contributed by atoms with van der Waals surface area (Å²) < 4.78 is 47.5. The van der Waals surface area contributed by atoms with Gasteiger partial charge in [-0.15, -0.1) is 0 Å². The van der Waals surface area contributed by atoms with E-state index in [1.807, 2.05) is 0 Å². The molecule has 12 heteroatoms. The molecule has 0 spiro atoms. The number of carbonyl (C=O) groups is 1. The molecule has 9 nitrogen and oxygen atoms in total. The van der Waals surface area contributed by atoms with Crippen molar-refractivity contribution in [3.05, 3.63) is 83.7 Å². The number of anilines is 1. The van der Waals surface area contributed by atoms with Crippen LogP contribution in [0.15, 0.2) is 66.7 Å². The van der Waals surface area contributed by atoms with Gasteiger partial charge in [0.1, 0.15) is 18.7 Å². The minimum Gasteiger partial charge on any atom is -0.507 e. The van der Waals surface area contributed by atoms with E-state index in [0.717, 1.165) is 16.8 Å². The molecule has 0 fully saturated rings. The lowest BCUT2D eigenvalue weighted by Crippen LogP contribution is -2.17. The van der Waals surface area contributed by atoms with Gasteiger partial charge >= 0.3 is 6.18 Å². The molecule has 0 radical (unpaired) electrons. The van der Waals surface area contributed by atoms with E-state index < -0.39 is 30.0 Å². The highest BCUT2D eigenvalue weighted by Gasteiger charge is 2.34. The molecule has 4 aromatic rings. The van der Waals surface area contributed by atoms with Gasteiger partial charge in [0, 0.05) is 17.8 Å². The number of aliphatic hydroxyl groups excluding tert-OH is 2. The number of benzene rings is 1. The van der Waals surface area contributed by atoms with Gasteiger partial charge in [-0.25, -0.2) is 14.5 Å². The Kier molecular flexibility index (Phi) is 6.38. The molecular formula is C23H18F3N5O4. The molecule has 35 heavy (non-hydrogen) atoms. The molecule has 0 atom stereocenters. The minimum absolute atomic E-state index is 0.00361. The Balaban J connectivity index is 1.92. The summed E-state index contributed by atoms with van der Waals surface area (Å²) in [6, 6.07) is 10.9. The Hall–Kier alpha value is -4.45. The van der Waals surface area contributed by atoms with Crippen molar-refractivity contribution in [2.24, 2.45) is 0 Å². The molecule has 3 heterocycles. The molecule has 0 bridgehead atoms. The first-order valence-electron chi connectivity index (χ1n) is 10.1. The largest absolute Gasteiger partial charge is 0.507 e. The molecule has 0 unspecified atom stereocenters. The standard InChI is InChI=1S/C23H18F3N5O4/c1-13-20(22(34)29-19-8-4-5-9-27-19)31-21(28-13)18(35-12-14(33)11-32)10-17(30-31)15-6-2-3-7-16(15)23(24,25)26/h2-10,12,32-33H,11H2,1H3,(H,27,29,34)/b14-12+. The number of amides is 1. The van der Waals surface area contributed by atoms with Crippen molar-refractivity contribution in [1.82, 2.24) is 19.6 Å². The molecule has 0 aliphatic heterocycles. The first-order valence-corrected chi connectivity index (χ1v) is 10.1. The maximum Gasteiger partial charge on any atom is 0.417 e. The van der Waals surface area contributed by atoms with Crippen LogP contribution in [0.3, 0.4) is 0 Å².